The van der Waals surface area contributed by atoms with Gasteiger partial charge in [-0.15, -0.1) is 11.3 Å². The van der Waals surface area contributed by atoms with Crippen LogP contribution in [-0.2, 0) is 11.2 Å². The molecular formula is C17H17FN2O3S. The lowest BCUT2D eigenvalue weighted by Gasteiger charge is -2.30. The van der Waals surface area contributed by atoms with E-state index in [1.165, 1.54) is 28.4 Å². The maximum atomic E-state index is 13.2. The van der Waals surface area contributed by atoms with Gasteiger partial charge in [-0.2, -0.15) is 0 Å². The number of rotatable bonds is 4. The van der Waals surface area contributed by atoms with Gasteiger partial charge in [-0.25, -0.2) is 14.2 Å². The SMILES string of the molecule is CC1(C(=O)O)CCCN1C(=O)c1csc(Cc2cccc(F)c2)n1. The highest BCUT2D eigenvalue weighted by Gasteiger charge is 2.46. The summed E-state index contributed by atoms with van der Waals surface area (Å²) in [5.41, 5.74) is -0.149. The predicted octanol–water partition coefficient (Wildman–Crippen LogP) is 2.95. The van der Waals surface area contributed by atoms with Crippen LogP contribution < -0.4 is 0 Å². The first kappa shape index (κ1) is 16.6. The van der Waals surface area contributed by atoms with E-state index in [0.29, 0.717) is 30.8 Å². The van der Waals surface area contributed by atoms with Gasteiger partial charge in [-0.05, 0) is 37.5 Å². The van der Waals surface area contributed by atoms with E-state index < -0.39 is 11.5 Å². The minimum Gasteiger partial charge on any atom is -0.480 e. The molecular weight excluding hydrogens is 331 g/mol. The monoisotopic (exact) mass is 348 g/mol. The number of hydrogen-bond donors (Lipinski definition) is 1. The van der Waals surface area contributed by atoms with E-state index in [1.807, 2.05) is 0 Å². The molecule has 1 atom stereocenters. The lowest BCUT2D eigenvalue weighted by atomic mass is 9.99. The van der Waals surface area contributed by atoms with E-state index in [-0.39, 0.29) is 17.4 Å². The Hall–Kier alpha value is -2.28. The standard InChI is InChI=1S/C17H17FN2O3S/c1-17(16(22)23)6-3-7-20(17)15(21)13-10-24-14(19-13)9-11-4-2-5-12(18)8-11/h2,4-5,8,10H,3,6-7,9H2,1H3,(H,22,23). The molecule has 0 spiro atoms. The highest BCUT2D eigenvalue weighted by molar-refractivity contribution is 7.09. The predicted molar refractivity (Wildman–Crippen MR) is 87.6 cm³/mol. The van der Waals surface area contributed by atoms with Crippen molar-refractivity contribution in [3.63, 3.8) is 0 Å². The number of aromatic nitrogens is 1. The maximum absolute atomic E-state index is 13.2. The van der Waals surface area contributed by atoms with Gasteiger partial charge in [0.1, 0.15) is 17.1 Å². The third kappa shape index (κ3) is 3.03. The molecule has 1 aromatic heterocycles. The zero-order valence-corrected chi connectivity index (χ0v) is 14.0. The second-order valence-electron chi connectivity index (χ2n) is 6.07. The van der Waals surface area contributed by atoms with Gasteiger partial charge in [0, 0.05) is 18.3 Å². The summed E-state index contributed by atoms with van der Waals surface area (Å²) < 4.78 is 13.2. The van der Waals surface area contributed by atoms with Crippen LogP contribution >= 0.6 is 11.3 Å². The molecule has 1 fully saturated rings. The minimum atomic E-state index is -1.18. The van der Waals surface area contributed by atoms with Gasteiger partial charge in [0.05, 0.1) is 5.01 Å². The maximum Gasteiger partial charge on any atom is 0.329 e. The molecule has 1 saturated heterocycles. The molecule has 1 aliphatic heterocycles. The highest BCUT2D eigenvalue weighted by atomic mass is 32.1. The van der Waals surface area contributed by atoms with Crippen LogP contribution in [0.5, 0.6) is 0 Å². The quantitative estimate of drug-likeness (QED) is 0.922. The van der Waals surface area contributed by atoms with Crippen LogP contribution in [-0.4, -0.2) is 39.0 Å². The molecule has 0 saturated carbocycles. The van der Waals surface area contributed by atoms with E-state index >= 15 is 0 Å². The molecule has 3 rings (SSSR count). The number of thiazole rings is 1. The summed E-state index contributed by atoms with van der Waals surface area (Å²) in [5.74, 6) is -1.67. The van der Waals surface area contributed by atoms with Gasteiger partial charge in [0.15, 0.2) is 0 Å². The number of amides is 1. The van der Waals surface area contributed by atoms with Crippen molar-refractivity contribution in [1.82, 2.24) is 9.88 Å². The number of hydrogen-bond acceptors (Lipinski definition) is 4. The van der Waals surface area contributed by atoms with Gasteiger partial charge >= 0.3 is 5.97 Å². The van der Waals surface area contributed by atoms with E-state index in [9.17, 15) is 19.1 Å². The van der Waals surface area contributed by atoms with Crippen molar-refractivity contribution in [2.45, 2.75) is 31.7 Å². The van der Waals surface area contributed by atoms with Gasteiger partial charge in [-0.3, -0.25) is 4.79 Å². The summed E-state index contributed by atoms with van der Waals surface area (Å²) in [7, 11) is 0. The van der Waals surface area contributed by atoms with E-state index in [1.54, 1.807) is 24.4 Å². The first-order valence-electron chi connectivity index (χ1n) is 7.64. The first-order chi connectivity index (χ1) is 11.4. The number of carboxylic acid groups (broad SMARTS) is 1. The van der Waals surface area contributed by atoms with E-state index in [4.69, 9.17) is 0 Å². The zero-order valence-electron chi connectivity index (χ0n) is 13.2. The number of carboxylic acids is 1. The molecule has 7 heteroatoms. The normalized spacial score (nSPS) is 20.3. The fourth-order valence-electron chi connectivity index (χ4n) is 2.96. The molecule has 1 aliphatic rings. The number of carbonyl (C=O) groups is 2. The third-order valence-corrected chi connectivity index (χ3v) is 5.21. The Labute approximate surface area is 142 Å². The number of carbonyl (C=O) groups excluding carboxylic acids is 1. The number of likely N-dealkylation sites (tertiary alicyclic amines) is 1. The Balaban J connectivity index is 1.78. The van der Waals surface area contributed by atoms with Crippen molar-refractivity contribution < 1.29 is 19.1 Å². The fraction of sp³-hybridized carbons (Fsp3) is 0.353. The summed E-state index contributed by atoms with van der Waals surface area (Å²) in [6.45, 7) is 1.98. The minimum absolute atomic E-state index is 0.251. The van der Waals surface area contributed by atoms with Crippen molar-refractivity contribution in [3.05, 3.63) is 51.7 Å². The van der Waals surface area contributed by atoms with Gasteiger partial charge in [0.25, 0.3) is 5.91 Å². The molecule has 24 heavy (non-hydrogen) atoms. The largest absolute Gasteiger partial charge is 0.480 e. The van der Waals surface area contributed by atoms with Crippen molar-refractivity contribution in [1.29, 1.82) is 0 Å². The number of halogens is 1. The third-order valence-electron chi connectivity index (χ3n) is 4.36. The molecule has 0 bridgehead atoms. The molecule has 0 radical (unpaired) electrons. The topological polar surface area (TPSA) is 70.5 Å². The molecule has 2 aromatic rings. The van der Waals surface area contributed by atoms with E-state index in [2.05, 4.69) is 4.98 Å². The molecule has 126 valence electrons. The molecule has 1 aromatic carbocycles. The van der Waals surface area contributed by atoms with E-state index in [0.717, 1.165) is 5.56 Å². The number of nitrogens with zero attached hydrogens (tertiary/aromatic N) is 2. The molecule has 0 aliphatic carbocycles. The van der Waals surface area contributed by atoms with Crippen LogP contribution in [0.4, 0.5) is 4.39 Å². The Kier molecular flexibility index (Phi) is 4.36. The highest BCUT2D eigenvalue weighted by Crippen LogP contribution is 2.31. The molecule has 2 heterocycles. The van der Waals surface area contributed by atoms with Gasteiger partial charge < -0.3 is 10.0 Å². The second kappa shape index (κ2) is 6.32. The zero-order chi connectivity index (χ0) is 17.3. The lowest BCUT2D eigenvalue weighted by Crippen LogP contribution is -2.50. The first-order valence-corrected chi connectivity index (χ1v) is 8.52. The summed E-state index contributed by atoms with van der Waals surface area (Å²) >= 11 is 1.32. The smallest absolute Gasteiger partial charge is 0.329 e. The van der Waals surface area contributed by atoms with Crippen molar-refractivity contribution >= 4 is 23.2 Å². The number of aliphatic carboxylic acids is 1. The molecule has 1 N–H and O–H groups in total. The summed E-state index contributed by atoms with van der Waals surface area (Å²) in [6, 6.07) is 6.24. The second-order valence-corrected chi connectivity index (χ2v) is 7.02. The van der Waals surface area contributed by atoms with Gasteiger partial charge in [-0.1, -0.05) is 12.1 Å². The molecule has 1 unspecified atom stereocenters. The Bertz CT molecular complexity index is 792. The van der Waals surface area contributed by atoms with Crippen LogP contribution in [0, 0.1) is 5.82 Å². The fourth-order valence-corrected chi connectivity index (χ4v) is 3.76. The van der Waals surface area contributed by atoms with Gasteiger partial charge in [0.2, 0.25) is 0 Å². The van der Waals surface area contributed by atoms with Crippen LogP contribution in [0.3, 0.4) is 0 Å². The Morgan fingerprint density at radius 1 is 1.46 bits per heavy atom. The Morgan fingerprint density at radius 3 is 2.96 bits per heavy atom. The average molecular weight is 348 g/mol. The summed E-state index contributed by atoms with van der Waals surface area (Å²) in [5, 5.41) is 11.7. The van der Waals surface area contributed by atoms with Crippen molar-refractivity contribution in [2.24, 2.45) is 0 Å². The van der Waals surface area contributed by atoms with Crippen LogP contribution in [0.15, 0.2) is 29.6 Å². The van der Waals surface area contributed by atoms with Crippen molar-refractivity contribution in [2.75, 3.05) is 6.54 Å². The summed E-state index contributed by atoms with van der Waals surface area (Å²) in [6.07, 6.45) is 1.54. The van der Waals surface area contributed by atoms with Crippen LogP contribution in [0.2, 0.25) is 0 Å². The van der Waals surface area contributed by atoms with Crippen LogP contribution in [0.1, 0.15) is 40.8 Å². The average Bonchev–Trinajstić information content (AvgIpc) is 3.14. The molecule has 1 amide bonds. The molecule has 5 nitrogen and oxygen atoms in total. The lowest BCUT2D eigenvalue weighted by molar-refractivity contribution is -0.147. The number of benzene rings is 1. The van der Waals surface area contributed by atoms with Crippen molar-refractivity contribution in [3.8, 4) is 0 Å². The van der Waals surface area contributed by atoms with Crippen LogP contribution in [0.25, 0.3) is 0 Å². The Morgan fingerprint density at radius 2 is 2.25 bits per heavy atom. The summed E-state index contributed by atoms with van der Waals surface area (Å²) in [4.78, 5) is 29.8.